The molecule has 1 heterocycles. The number of aliphatic imine (C=N–C) groups is 1. The molecule has 0 bridgehead atoms. The lowest BCUT2D eigenvalue weighted by Gasteiger charge is -2.21. The zero-order valence-corrected chi connectivity index (χ0v) is 14.2. The van der Waals surface area contributed by atoms with Crippen LogP contribution in [-0.4, -0.2) is 38.2 Å². The molecule has 0 atom stereocenters. The van der Waals surface area contributed by atoms with Gasteiger partial charge in [-0.15, -0.1) is 0 Å². The van der Waals surface area contributed by atoms with Crippen LogP contribution in [-0.2, 0) is 13.1 Å². The van der Waals surface area contributed by atoms with E-state index < -0.39 is 0 Å². The summed E-state index contributed by atoms with van der Waals surface area (Å²) in [6.45, 7) is 3.37. The topological polar surface area (TPSA) is 46.1 Å². The van der Waals surface area contributed by atoms with Gasteiger partial charge in [-0.3, -0.25) is 4.99 Å². The number of benzene rings is 2. The molecule has 1 aliphatic rings. The molecule has 1 N–H and O–H groups in total. The van der Waals surface area contributed by atoms with E-state index >= 15 is 0 Å². The van der Waals surface area contributed by atoms with Crippen LogP contribution in [0.3, 0.4) is 0 Å². The van der Waals surface area contributed by atoms with Crippen molar-refractivity contribution in [2.45, 2.75) is 13.1 Å². The highest BCUT2D eigenvalue weighted by Gasteiger charge is 2.16. The molecule has 5 heteroatoms. The molecule has 0 amide bonds. The number of ether oxygens (including phenoxy) is 2. The first-order chi connectivity index (χ1) is 11.8. The summed E-state index contributed by atoms with van der Waals surface area (Å²) in [4.78, 5) is 6.85. The molecule has 0 aromatic heterocycles. The van der Waals surface area contributed by atoms with Crippen molar-refractivity contribution in [1.82, 2.24) is 10.2 Å². The fourth-order valence-electron chi connectivity index (χ4n) is 2.68. The SMILES string of the molecule is COc1ccc(CNC2=NCCN2Cc2ccc(OC)cc2)cc1. The number of nitrogens with zero attached hydrogens (tertiary/aromatic N) is 2. The lowest BCUT2D eigenvalue weighted by molar-refractivity contribution is 0.413. The van der Waals surface area contributed by atoms with Crippen LogP contribution in [0.5, 0.6) is 11.5 Å². The van der Waals surface area contributed by atoms with Gasteiger partial charge in [0, 0.05) is 19.6 Å². The Bertz CT molecular complexity index is 681. The third kappa shape index (κ3) is 3.98. The van der Waals surface area contributed by atoms with Crippen LogP contribution >= 0.6 is 0 Å². The number of rotatable bonds is 6. The molecule has 0 fully saturated rings. The van der Waals surface area contributed by atoms with E-state index in [1.165, 1.54) is 11.1 Å². The van der Waals surface area contributed by atoms with Crippen molar-refractivity contribution in [3.8, 4) is 11.5 Å². The number of hydrogen-bond acceptors (Lipinski definition) is 5. The molecule has 2 aromatic rings. The van der Waals surface area contributed by atoms with Crippen molar-refractivity contribution in [3.05, 3.63) is 59.7 Å². The average Bonchev–Trinajstić information content (AvgIpc) is 3.08. The van der Waals surface area contributed by atoms with E-state index in [0.717, 1.165) is 43.6 Å². The second-order valence-electron chi connectivity index (χ2n) is 5.68. The van der Waals surface area contributed by atoms with Crippen molar-refractivity contribution < 1.29 is 9.47 Å². The molecule has 126 valence electrons. The molecular weight excluding hydrogens is 302 g/mol. The van der Waals surface area contributed by atoms with E-state index in [2.05, 4.69) is 39.5 Å². The first-order valence-electron chi connectivity index (χ1n) is 8.07. The number of hydrogen-bond donors (Lipinski definition) is 1. The first kappa shape index (κ1) is 16.2. The summed E-state index contributed by atoms with van der Waals surface area (Å²) in [5.74, 6) is 2.71. The minimum atomic E-state index is 0.752. The van der Waals surface area contributed by atoms with Crippen molar-refractivity contribution >= 4 is 5.96 Å². The van der Waals surface area contributed by atoms with Gasteiger partial charge >= 0.3 is 0 Å². The normalized spacial score (nSPS) is 13.6. The summed E-state index contributed by atoms with van der Waals surface area (Å²) < 4.78 is 10.4. The molecule has 24 heavy (non-hydrogen) atoms. The van der Waals surface area contributed by atoms with Crippen LogP contribution in [0.15, 0.2) is 53.5 Å². The predicted octanol–water partition coefficient (Wildman–Crippen LogP) is 2.67. The maximum atomic E-state index is 5.21. The smallest absolute Gasteiger partial charge is 0.194 e. The second-order valence-corrected chi connectivity index (χ2v) is 5.68. The molecule has 0 aliphatic carbocycles. The van der Waals surface area contributed by atoms with Gasteiger partial charge in [0.1, 0.15) is 11.5 Å². The lowest BCUT2D eigenvalue weighted by atomic mass is 10.2. The van der Waals surface area contributed by atoms with E-state index in [-0.39, 0.29) is 0 Å². The Balaban J connectivity index is 1.56. The van der Waals surface area contributed by atoms with E-state index in [4.69, 9.17) is 9.47 Å². The van der Waals surface area contributed by atoms with E-state index in [1.807, 2.05) is 24.3 Å². The summed E-state index contributed by atoms with van der Waals surface area (Å²) in [5.41, 5.74) is 2.45. The first-order valence-corrected chi connectivity index (χ1v) is 8.07. The van der Waals surface area contributed by atoms with Gasteiger partial charge in [0.25, 0.3) is 0 Å². The quantitative estimate of drug-likeness (QED) is 0.887. The average molecular weight is 325 g/mol. The summed E-state index contributed by atoms with van der Waals surface area (Å²) in [6, 6.07) is 16.3. The van der Waals surface area contributed by atoms with Crippen LogP contribution in [0.2, 0.25) is 0 Å². The molecular formula is C19H23N3O2. The Hall–Kier alpha value is -2.69. The molecule has 0 unspecified atom stereocenters. The van der Waals surface area contributed by atoms with Crippen molar-refractivity contribution in [2.24, 2.45) is 4.99 Å². The maximum Gasteiger partial charge on any atom is 0.194 e. The molecule has 3 rings (SSSR count). The molecule has 0 radical (unpaired) electrons. The van der Waals surface area contributed by atoms with E-state index in [0.29, 0.717) is 0 Å². The molecule has 5 nitrogen and oxygen atoms in total. The van der Waals surface area contributed by atoms with Crippen molar-refractivity contribution in [2.75, 3.05) is 27.3 Å². The third-order valence-electron chi connectivity index (χ3n) is 4.07. The summed E-state index contributed by atoms with van der Waals surface area (Å²) >= 11 is 0. The van der Waals surface area contributed by atoms with Gasteiger partial charge in [0.15, 0.2) is 5.96 Å². The minimum absolute atomic E-state index is 0.752. The summed E-state index contributed by atoms with van der Waals surface area (Å²) in [5, 5.41) is 3.44. The molecule has 0 saturated heterocycles. The summed E-state index contributed by atoms with van der Waals surface area (Å²) in [7, 11) is 3.36. The largest absolute Gasteiger partial charge is 0.497 e. The Morgan fingerprint density at radius 2 is 1.50 bits per heavy atom. The van der Waals surface area contributed by atoms with E-state index in [9.17, 15) is 0 Å². The number of guanidine groups is 1. The Kier molecular flexibility index (Phi) is 5.21. The molecule has 2 aromatic carbocycles. The molecule has 0 saturated carbocycles. The predicted molar refractivity (Wildman–Crippen MR) is 95.5 cm³/mol. The van der Waals surface area contributed by atoms with Gasteiger partial charge < -0.3 is 19.7 Å². The van der Waals surface area contributed by atoms with Crippen molar-refractivity contribution in [1.29, 1.82) is 0 Å². The highest BCUT2D eigenvalue weighted by atomic mass is 16.5. The van der Waals surface area contributed by atoms with Gasteiger partial charge in [-0.05, 0) is 35.4 Å². The fraction of sp³-hybridized carbons (Fsp3) is 0.316. The number of nitrogens with one attached hydrogen (secondary N) is 1. The van der Waals surface area contributed by atoms with Gasteiger partial charge in [-0.2, -0.15) is 0 Å². The van der Waals surface area contributed by atoms with Gasteiger partial charge in [0.2, 0.25) is 0 Å². The number of methoxy groups -OCH3 is 2. The monoisotopic (exact) mass is 325 g/mol. The van der Waals surface area contributed by atoms with Crippen molar-refractivity contribution in [3.63, 3.8) is 0 Å². The van der Waals surface area contributed by atoms with E-state index in [1.54, 1.807) is 14.2 Å². The zero-order valence-electron chi connectivity index (χ0n) is 14.2. The summed E-state index contributed by atoms with van der Waals surface area (Å²) in [6.07, 6.45) is 0. The van der Waals surface area contributed by atoms with Gasteiger partial charge in [0.05, 0.1) is 20.8 Å². The van der Waals surface area contributed by atoms with Crippen LogP contribution in [0.1, 0.15) is 11.1 Å². The van der Waals surface area contributed by atoms with Crippen LogP contribution < -0.4 is 14.8 Å². The Morgan fingerprint density at radius 3 is 2.08 bits per heavy atom. The van der Waals surface area contributed by atoms with Crippen LogP contribution in [0, 0.1) is 0 Å². The van der Waals surface area contributed by atoms with Crippen LogP contribution in [0.25, 0.3) is 0 Å². The third-order valence-corrected chi connectivity index (χ3v) is 4.07. The Labute approximate surface area is 142 Å². The van der Waals surface area contributed by atoms with Gasteiger partial charge in [-0.25, -0.2) is 0 Å². The highest BCUT2D eigenvalue weighted by molar-refractivity contribution is 5.81. The molecule has 1 aliphatic heterocycles. The zero-order chi connectivity index (χ0) is 16.8. The second kappa shape index (κ2) is 7.73. The van der Waals surface area contributed by atoms with Crippen LogP contribution in [0.4, 0.5) is 0 Å². The highest BCUT2D eigenvalue weighted by Crippen LogP contribution is 2.15. The van der Waals surface area contributed by atoms with Gasteiger partial charge in [-0.1, -0.05) is 24.3 Å². The lowest BCUT2D eigenvalue weighted by Crippen LogP contribution is -2.37. The standard InChI is InChI=1S/C19H23N3O2/c1-23-17-7-3-15(4-8-17)13-21-19-20-11-12-22(19)14-16-5-9-18(24-2)10-6-16/h3-10H,11-14H2,1-2H3,(H,20,21). The fourth-order valence-corrected chi connectivity index (χ4v) is 2.68. The maximum absolute atomic E-state index is 5.21. The Morgan fingerprint density at radius 1 is 0.917 bits per heavy atom. The molecule has 0 spiro atoms. The minimum Gasteiger partial charge on any atom is -0.497 e.